The van der Waals surface area contributed by atoms with Gasteiger partial charge in [-0.3, -0.25) is 4.79 Å². The Labute approximate surface area is 139 Å². The third-order valence-corrected chi connectivity index (χ3v) is 3.53. The molecule has 0 unspecified atom stereocenters. The van der Waals surface area contributed by atoms with Gasteiger partial charge in [0.15, 0.2) is 12.3 Å². The van der Waals surface area contributed by atoms with Crippen LogP contribution in [0.4, 0.5) is 0 Å². The van der Waals surface area contributed by atoms with Gasteiger partial charge < -0.3 is 10.1 Å². The van der Waals surface area contributed by atoms with Crippen molar-refractivity contribution in [3.8, 4) is 0 Å². The molecule has 2 aromatic carbocycles. The molecule has 5 heteroatoms. The highest BCUT2D eigenvalue weighted by molar-refractivity contribution is 6.02. The van der Waals surface area contributed by atoms with Crippen molar-refractivity contribution >= 4 is 22.6 Å². The minimum Gasteiger partial charge on any atom is -0.451 e. The quantitative estimate of drug-likeness (QED) is 0.734. The first kappa shape index (κ1) is 15.7. The lowest BCUT2D eigenvalue weighted by Gasteiger charge is -2.08. The van der Waals surface area contributed by atoms with Gasteiger partial charge in [-0.2, -0.15) is 0 Å². The van der Waals surface area contributed by atoms with E-state index >= 15 is 0 Å². The Balaban J connectivity index is 1.58. The first-order valence-corrected chi connectivity index (χ1v) is 7.55. The van der Waals surface area contributed by atoms with E-state index in [1.807, 2.05) is 54.6 Å². The summed E-state index contributed by atoms with van der Waals surface area (Å²) in [4.78, 5) is 28.1. The molecule has 3 aromatic rings. The number of benzene rings is 2. The Morgan fingerprint density at radius 1 is 0.958 bits per heavy atom. The van der Waals surface area contributed by atoms with Gasteiger partial charge in [-0.25, -0.2) is 9.78 Å². The van der Waals surface area contributed by atoms with E-state index in [0.29, 0.717) is 11.9 Å². The molecule has 0 bridgehead atoms. The fraction of sp³-hybridized carbons (Fsp3) is 0.105. The van der Waals surface area contributed by atoms with Crippen LogP contribution in [0.2, 0.25) is 0 Å². The molecule has 24 heavy (non-hydrogen) atoms. The number of hydrogen-bond acceptors (Lipinski definition) is 4. The van der Waals surface area contributed by atoms with E-state index in [1.54, 1.807) is 12.3 Å². The zero-order valence-electron chi connectivity index (χ0n) is 12.9. The van der Waals surface area contributed by atoms with Crippen LogP contribution in [-0.2, 0) is 16.1 Å². The van der Waals surface area contributed by atoms with E-state index < -0.39 is 5.97 Å². The minimum atomic E-state index is -0.610. The second kappa shape index (κ2) is 7.37. The maximum Gasteiger partial charge on any atom is 0.358 e. The predicted octanol–water partition coefficient (Wildman–Crippen LogP) is 2.71. The first-order valence-electron chi connectivity index (χ1n) is 7.55. The Morgan fingerprint density at radius 2 is 1.71 bits per heavy atom. The zero-order chi connectivity index (χ0) is 16.8. The molecular formula is C19H16N2O3. The molecule has 0 radical (unpaired) electrons. The summed E-state index contributed by atoms with van der Waals surface area (Å²) in [6, 6.07) is 18.7. The maximum absolute atomic E-state index is 12.2. The average Bonchev–Trinajstić information content (AvgIpc) is 2.64. The van der Waals surface area contributed by atoms with Gasteiger partial charge in [-0.05, 0) is 17.0 Å². The van der Waals surface area contributed by atoms with E-state index in [-0.39, 0.29) is 18.2 Å². The molecule has 0 fully saturated rings. The second-order valence-electron chi connectivity index (χ2n) is 5.22. The number of carbonyl (C=O) groups is 2. The predicted molar refractivity (Wildman–Crippen MR) is 90.3 cm³/mol. The first-order chi connectivity index (χ1) is 11.7. The Hall–Kier alpha value is -3.21. The summed E-state index contributed by atoms with van der Waals surface area (Å²) in [6.07, 6.45) is 1.55. The lowest BCUT2D eigenvalue weighted by atomic mass is 10.1. The summed E-state index contributed by atoms with van der Waals surface area (Å²) in [5, 5.41) is 4.31. The molecule has 120 valence electrons. The average molecular weight is 320 g/mol. The highest BCUT2D eigenvalue weighted by Gasteiger charge is 2.14. The Morgan fingerprint density at radius 3 is 2.54 bits per heavy atom. The molecule has 0 aliphatic rings. The van der Waals surface area contributed by atoms with Crippen molar-refractivity contribution in [3.63, 3.8) is 0 Å². The Bertz CT molecular complexity index is 857. The lowest BCUT2D eigenvalue weighted by molar-refractivity contribution is -0.124. The van der Waals surface area contributed by atoms with Crippen LogP contribution < -0.4 is 5.32 Å². The second-order valence-corrected chi connectivity index (χ2v) is 5.22. The molecular weight excluding hydrogens is 304 g/mol. The summed E-state index contributed by atoms with van der Waals surface area (Å²) < 4.78 is 5.07. The molecule has 0 spiro atoms. The number of ether oxygens (including phenoxy) is 1. The largest absolute Gasteiger partial charge is 0.451 e. The molecule has 5 nitrogen and oxygen atoms in total. The fourth-order valence-corrected chi connectivity index (χ4v) is 2.33. The zero-order valence-corrected chi connectivity index (χ0v) is 12.9. The van der Waals surface area contributed by atoms with Crippen molar-refractivity contribution in [3.05, 3.63) is 78.1 Å². The molecule has 0 saturated carbocycles. The molecule has 1 N–H and O–H groups in total. The van der Waals surface area contributed by atoms with Gasteiger partial charge in [0.25, 0.3) is 5.91 Å². The van der Waals surface area contributed by atoms with Crippen LogP contribution in [0, 0.1) is 0 Å². The topological polar surface area (TPSA) is 68.3 Å². The third kappa shape index (κ3) is 3.76. The van der Waals surface area contributed by atoms with Gasteiger partial charge >= 0.3 is 5.97 Å². The normalized spacial score (nSPS) is 10.3. The van der Waals surface area contributed by atoms with Crippen LogP contribution in [-0.4, -0.2) is 23.5 Å². The molecule has 0 saturated heterocycles. The number of aromatic nitrogens is 1. The molecule has 0 atom stereocenters. The number of fused-ring (bicyclic) bond motifs is 1. The monoisotopic (exact) mass is 320 g/mol. The number of rotatable bonds is 5. The minimum absolute atomic E-state index is 0.212. The molecule has 1 amide bonds. The Kier molecular flexibility index (Phi) is 4.81. The van der Waals surface area contributed by atoms with Gasteiger partial charge in [-0.15, -0.1) is 0 Å². The number of nitrogens with one attached hydrogen (secondary N) is 1. The van der Waals surface area contributed by atoms with Crippen LogP contribution in [0.3, 0.4) is 0 Å². The summed E-state index contributed by atoms with van der Waals surface area (Å²) in [7, 11) is 0. The van der Waals surface area contributed by atoms with E-state index in [9.17, 15) is 9.59 Å². The molecule has 1 heterocycles. The summed E-state index contributed by atoms with van der Waals surface area (Å²) in [6.45, 7) is 0.0559. The van der Waals surface area contributed by atoms with E-state index in [2.05, 4.69) is 10.3 Å². The highest BCUT2D eigenvalue weighted by atomic mass is 16.5. The van der Waals surface area contributed by atoms with Crippen molar-refractivity contribution in [2.24, 2.45) is 0 Å². The van der Waals surface area contributed by atoms with Gasteiger partial charge in [0, 0.05) is 18.1 Å². The standard InChI is InChI=1S/C19H16N2O3/c22-17(21-12-14-6-2-1-3-7-14)13-24-19(23)18-16-9-5-4-8-15(16)10-11-20-18/h1-11H,12-13H2,(H,21,22). The fourth-order valence-electron chi connectivity index (χ4n) is 2.33. The van der Waals surface area contributed by atoms with E-state index in [0.717, 1.165) is 10.9 Å². The van der Waals surface area contributed by atoms with Crippen LogP contribution in [0.15, 0.2) is 66.9 Å². The SMILES string of the molecule is O=C(COC(=O)c1nccc2ccccc12)NCc1ccccc1. The highest BCUT2D eigenvalue weighted by Crippen LogP contribution is 2.16. The molecule has 3 rings (SSSR count). The van der Waals surface area contributed by atoms with Gasteiger partial charge in [-0.1, -0.05) is 54.6 Å². The number of nitrogens with zero attached hydrogens (tertiary/aromatic N) is 1. The van der Waals surface area contributed by atoms with Gasteiger partial charge in [0.05, 0.1) is 0 Å². The van der Waals surface area contributed by atoms with Crippen LogP contribution in [0.25, 0.3) is 10.8 Å². The third-order valence-electron chi connectivity index (χ3n) is 3.53. The van der Waals surface area contributed by atoms with Crippen molar-refractivity contribution in [2.75, 3.05) is 6.61 Å². The lowest BCUT2D eigenvalue weighted by Crippen LogP contribution is -2.28. The van der Waals surface area contributed by atoms with Gasteiger partial charge in [0.2, 0.25) is 0 Å². The summed E-state index contributed by atoms with van der Waals surface area (Å²) >= 11 is 0. The number of carbonyl (C=O) groups excluding carboxylic acids is 2. The maximum atomic E-state index is 12.2. The molecule has 1 aromatic heterocycles. The number of amides is 1. The summed E-state index contributed by atoms with van der Waals surface area (Å²) in [5.74, 6) is -0.964. The number of esters is 1. The van der Waals surface area contributed by atoms with E-state index in [4.69, 9.17) is 4.74 Å². The van der Waals surface area contributed by atoms with Crippen molar-refractivity contribution in [2.45, 2.75) is 6.54 Å². The smallest absolute Gasteiger partial charge is 0.358 e. The number of hydrogen-bond donors (Lipinski definition) is 1. The van der Waals surface area contributed by atoms with E-state index in [1.165, 1.54) is 0 Å². The van der Waals surface area contributed by atoms with Crippen molar-refractivity contribution < 1.29 is 14.3 Å². The van der Waals surface area contributed by atoms with Crippen molar-refractivity contribution in [1.29, 1.82) is 0 Å². The van der Waals surface area contributed by atoms with Crippen LogP contribution >= 0.6 is 0 Å². The van der Waals surface area contributed by atoms with Crippen LogP contribution in [0.1, 0.15) is 16.1 Å². The summed E-state index contributed by atoms with van der Waals surface area (Å²) in [5.41, 5.74) is 1.19. The molecule has 0 aliphatic heterocycles. The van der Waals surface area contributed by atoms with Crippen molar-refractivity contribution in [1.82, 2.24) is 10.3 Å². The van der Waals surface area contributed by atoms with Crippen LogP contribution in [0.5, 0.6) is 0 Å². The number of pyridine rings is 1. The molecule has 0 aliphatic carbocycles. The van der Waals surface area contributed by atoms with Gasteiger partial charge in [0.1, 0.15) is 0 Å².